The first-order valence-corrected chi connectivity index (χ1v) is 12.4. The summed E-state index contributed by atoms with van der Waals surface area (Å²) >= 11 is 0. The molecule has 1 aromatic rings. The second-order valence-electron chi connectivity index (χ2n) is 8.60. The van der Waals surface area contributed by atoms with Crippen molar-refractivity contribution in [1.82, 2.24) is 9.29 Å². The predicted molar refractivity (Wildman–Crippen MR) is 113 cm³/mol. The number of nitrogens with zero attached hydrogens (tertiary/aromatic N) is 1. The largest absolute Gasteiger partial charge is 0.381 e. The third-order valence-corrected chi connectivity index (χ3v) is 7.25. The zero-order chi connectivity index (χ0) is 21.2. The third kappa shape index (κ3) is 5.48. The first-order chi connectivity index (χ1) is 13.7. The Morgan fingerprint density at radius 1 is 1.21 bits per heavy atom. The van der Waals surface area contributed by atoms with E-state index in [9.17, 15) is 13.2 Å². The third-order valence-electron chi connectivity index (χ3n) is 6.52. The SMILES string of the molecule is CO[C@@H](C)C1CCC(OC[C@H]2[C@@H](NS(C)(=O)=O)CCc3ccc(C)c(=O)n32)CC1. The summed E-state index contributed by atoms with van der Waals surface area (Å²) in [7, 11) is -1.63. The normalized spacial score (nSPS) is 28.7. The molecule has 0 amide bonds. The van der Waals surface area contributed by atoms with E-state index in [2.05, 4.69) is 11.6 Å². The average molecular weight is 427 g/mol. The summed E-state index contributed by atoms with van der Waals surface area (Å²) in [6.45, 7) is 4.24. The van der Waals surface area contributed by atoms with Crippen LogP contribution >= 0.6 is 0 Å². The maximum Gasteiger partial charge on any atom is 0.254 e. The van der Waals surface area contributed by atoms with Gasteiger partial charge in [0.1, 0.15) is 0 Å². The Kier molecular flexibility index (Phi) is 7.19. The molecule has 0 unspecified atom stereocenters. The van der Waals surface area contributed by atoms with Crippen molar-refractivity contribution < 1.29 is 17.9 Å². The summed E-state index contributed by atoms with van der Waals surface area (Å²) < 4.78 is 40.0. The zero-order valence-electron chi connectivity index (χ0n) is 17.9. The van der Waals surface area contributed by atoms with Crippen molar-refractivity contribution in [1.29, 1.82) is 0 Å². The minimum atomic E-state index is -3.38. The molecule has 1 saturated carbocycles. The topological polar surface area (TPSA) is 86.6 Å². The molecule has 0 saturated heterocycles. The lowest BCUT2D eigenvalue weighted by molar-refractivity contribution is -0.0266. The van der Waals surface area contributed by atoms with Gasteiger partial charge in [-0.1, -0.05) is 6.07 Å². The molecule has 1 N–H and O–H groups in total. The van der Waals surface area contributed by atoms with Crippen LogP contribution in [0.4, 0.5) is 0 Å². The highest BCUT2D eigenvalue weighted by atomic mass is 32.2. The Labute approximate surface area is 173 Å². The Bertz CT molecular complexity index is 858. The van der Waals surface area contributed by atoms with Crippen LogP contribution in [-0.4, -0.2) is 51.2 Å². The number of pyridine rings is 1. The van der Waals surface area contributed by atoms with Crippen molar-refractivity contribution in [3.8, 4) is 0 Å². The second-order valence-corrected chi connectivity index (χ2v) is 10.4. The van der Waals surface area contributed by atoms with Crippen LogP contribution in [-0.2, 0) is 25.9 Å². The number of methoxy groups -OCH3 is 1. The summed E-state index contributed by atoms with van der Waals surface area (Å²) in [6, 6.07) is 3.13. The molecule has 3 rings (SSSR count). The summed E-state index contributed by atoms with van der Waals surface area (Å²) in [4.78, 5) is 12.9. The second kappa shape index (κ2) is 9.29. The summed E-state index contributed by atoms with van der Waals surface area (Å²) in [5.74, 6) is 0.556. The molecule has 1 fully saturated rings. The minimum absolute atomic E-state index is 0.0614. The minimum Gasteiger partial charge on any atom is -0.381 e. The molecule has 0 bridgehead atoms. The number of fused-ring (bicyclic) bond motifs is 1. The van der Waals surface area contributed by atoms with Crippen molar-refractivity contribution in [3.05, 3.63) is 33.7 Å². The standard InChI is InChI=1S/C21H34N2O5S/c1-14-5-8-17-9-12-19(22-29(4,25)26)20(23(17)21(14)24)13-28-18-10-6-16(7-11-18)15(2)27-3/h5,8,15-16,18-20,22H,6-7,9-13H2,1-4H3/t15-,16?,18?,19-,20-/m0/s1. The van der Waals surface area contributed by atoms with Gasteiger partial charge in [-0.3, -0.25) is 4.79 Å². The fourth-order valence-electron chi connectivity index (χ4n) is 4.69. The molecular formula is C21H34N2O5S. The molecule has 7 nitrogen and oxygen atoms in total. The molecule has 0 aromatic carbocycles. The number of nitrogens with one attached hydrogen (secondary N) is 1. The van der Waals surface area contributed by atoms with Crippen LogP contribution in [0.25, 0.3) is 0 Å². The van der Waals surface area contributed by atoms with Gasteiger partial charge < -0.3 is 14.0 Å². The molecule has 29 heavy (non-hydrogen) atoms. The molecule has 2 aliphatic rings. The number of aryl methyl sites for hydroxylation is 2. The summed E-state index contributed by atoms with van der Waals surface area (Å²) in [6.07, 6.45) is 6.93. The van der Waals surface area contributed by atoms with Gasteiger partial charge in [-0.2, -0.15) is 0 Å². The average Bonchev–Trinajstić information content (AvgIpc) is 2.68. The van der Waals surface area contributed by atoms with Gasteiger partial charge in [0.15, 0.2) is 0 Å². The fourth-order valence-corrected chi connectivity index (χ4v) is 5.52. The molecule has 8 heteroatoms. The van der Waals surface area contributed by atoms with E-state index in [-0.39, 0.29) is 29.9 Å². The van der Waals surface area contributed by atoms with Gasteiger partial charge in [0.25, 0.3) is 5.56 Å². The van der Waals surface area contributed by atoms with Crippen LogP contribution < -0.4 is 10.3 Å². The lowest BCUT2D eigenvalue weighted by Gasteiger charge is -2.37. The molecule has 3 atom stereocenters. The number of hydrogen-bond acceptors (Lipinski definition) is 5. The van der Waals surface area contributed by atoms with E-state index in [4.69, 9.17) is 9.47 Å². The highest BCUT2D eigenvalue weighted by Crippen LogP contribution is 2.31. The van der Waals surface area contributed by atoms with Crippen LogP contribution in [0, 0.1) is 12.8 Å². The number of aromatic nitrogens is 1. The lowest BCUT2D eigenvalue weighted by atomic mass is 9.84. The monoisotopic (exact) mass is 426 g/mol. The molecule has 2 heterocycles. The number of sulfonamides is 1. The first kappa shape index (κ1) is 22.5. The number of rotatable bonds is 7. The van der Waals surface area contributed by atoms with Gasteiger partial charge in [0.05, 0.1) is 31.1 Å². The lowest BCUT2D eigenvalue weighted by Crippen LogP contribution is -2.49. The van der Waals surface area contributed by atoms with Crippen LogP contribution in [0.1, 0.15) is 56.3 Å². The molecule has 1 aliphatic carbocycles. The first-order valence-electron chi connectivity index (χ1n) is 10.5. The van der Waals surface area contributed by atoms with E-state index in [0.29, 0.717) is 30.9 Å². The number of ether oxygens (including phenoxy) is 2. The Hall–Kier alpha value is -1.22. The van der Waals surface area contributed by atoms with Crippen molar-refractivity contribution in [3.63, 3.8) is 0 Å². The predicted octanol–water partition coefficient (Wildman–Crippen LogP) is 2.17. The van der Waals surface area contributed by atoms with Gasteiger partial charge in [0, 0.05) is 24.4 Å². The van der Waals surface area contributed by atoms with Crippen LogP contribution in [0.5, 0.6) is 0 Å². The fraction of sp³-hybridized carbons (Fsp3) is 0.762. The van der Waals surface area contributed by atoms with Crippen LogP contribution in [0.15, 0.2) is 16.9 Å². The van der Waals surface area contributed by atoms with Crippen LogP contribution in [0.3, 0.4) is 0 Å². The highest BCUT2D eigenvalue weighted by molar-refractivity contribution is 7.88. The van der Waals surface area contributed by atoms with E-state index in [1.807, 2.05) is 12.1 Å². The van der Waals surface area contributed by atoms with E-state index >= 15 is 0 Å². The Morgan fingerprint density at radius 2 is 1.90 bits per heavy atom. The summed E-state index contributed by atoms with van der Waals surface area (Å²) in [5, 5.41) is 0. The van der Waals surface area contributed by atoms with Gasteiger partial charge in [-0.05, 0) is 64.4 Å². The molecular weight excluding hydrogens is 392 g/mol. The maximum atomic E-state index is 12.9. The van der Waals surface area contributed by atoms with Gasteiger partial charge >= 0.3 is 0 Å². The van der Waals surface area contributed by atoms with Gasteiger partial charge in [-0.15, -0.1) is 0 Å². The molecule has 1 aromatic heterocycles. The van der Waals surface area contributed by atoms with Gasteiger partial charge in [-0.25, -0.2) is 13.1 Å². The summed E-state index contributed by atoms with van der Waals surface area (Å²) in [5.41, 5.74) is 1.54. The molecule has 0 radical (unpaired) electrons. The van der Waals surface area contributed by atoms with Crippen molar-refractivity contribution >= 4 is 10.0 Å². The smallest absolute Gasteiger partial charge is 0.254 e. The van der Waals surface area contributed by atoms with Crippen molar-refractivity contribution in [2.45, 2.75) is 76.7 Å². The quantitative estimate of drug-likeness (QED) is 0.722. The van der Waals surface area contributed by atoms with Crippen molar-refractivity contribution in [2.75, 3.05) is 20.0 Å². The zero-order valence-corrected chi connectivity index (χ0v) is 18.7. The highest BCUT2D eigenvalue weighted by Gasteiger charge is 2.34. The molecule has 1 aliphatic heterocycles. The van der Waals surface area contributed by atoms with E-state index in [1.165, 1.54) is 0 Å². The number of hydrogen-bond donors (Lipinski definition) is 1. The molecule has 0 spiro atoms. The van der Waals surface area contributed by atoms with E-state index < -0.39 is 10.0 Å². The van der Waals surface area contributed by atoms with Gasteiger partial charge in [0.2, 0.25) is 10.0 Å². The van der Waals surface area contributed by atoms with Crippen molar-refractivity contribution in [2.24, 2.45) is 5.92 Å². The maximum absolute atomic E-state index is 12.9. The Balaban J connectivity index is 1.74. The van der Waals surface area contributed by atoms with E-state index in [0.717, 1.165) is 37.6 Å². The van der Waals surface area contributed by atoms with Crippen LogP contribution in [0.2, 0.25) is 0 Å². The molecule has 164 valence electrons. The van der Waals surface area contributed by atoms with E-state index in [1.54, 1.807) is 18.6 Å². The Morgan fingerprint density at radius 3 is 2.52 bits per heavy atom.